The standard InChI is InChI=1S/C18H18N2O2S/c1-12-6-8-13(9-7-12)11-19-17(21)10-16-18(22)20-14-4-2-3-5-15(14)23-16/h2-9,16H,10-11H2,1H3,(H,19,21)(H,20,22)/t16-/m0/s1. The van der Waals surface area contributed by atoms with Crippen LogP contribution in [-0.4, -0.2) is 17.1 Å². The molecule has 2 aromatic carbocycles. The lowest BCUT2D eigenvalue weighted by atomic mass is 10.1. The molecule has 0 radical (unpaired) electrons. The third kappa shape index (κ3) is 3.93. The number of rotatable bonds is 4. The van der Waals surface area contributed by atoms with Gasteiger partial charge in [0.25, 0.3) is 0 Å². The number of anilines is 1. The second kappa shape index (κ2) is 6.87. The lowest BCUT2D eigenvalue weighted by Gasteiger charge is -2.23. The first-order chi connectivity index (χ1) is 11.1. The lowest BCUT2D eigenvalue weighted by Crippen LogP contribution is -2.34. The molecule has 1 aliphatic heterocycles. The average molecular weight is 326 g/mol. The highest BCUT2D eigenvalue weighted by Gasteiger charge is 2.28. The second-order valence-electron chi connectivity index (χ2n) is 5.56. The first-order valence-electron chi connectivity index (χ1n) is 7.50. The molecule has 4 nitrogen and oxygen atoms in total. The molecule has 0 saturated carbocycles. The number of fused-ring (bicyclic) bond motifs is 1. The van der Waals surface area contributed by atoms with Crippen molar-refractivity contribution in [1.29, 1.82) is 0 Å². The summed E-state index contributed by atoms with van der Waals surface area (Å²) in [5, 5.41) is 5.35. The van der Waals surface area contributed by atoms with E-state index in [1.165, 1.54) is 17.3 Å². The quantitative estimate of drug-likeness (QED) is 0.907. The summed E-state index contributed by atoms with van der Waals surface area (Å²) in [6.07, 6.45) is 0.177. The van der Waals surface area contributed by atoms with Crippen molar-refractivity contribution in [3.63, 3.8) is 0 Å². The van der Waals surface area contributed by atoms with Gasteiger partial charge in [-0.05, 0) is 24.6 Å². The zero-order chi connectivity index (χ0) is 16.2. The van der Waals surface area contributed by atoms with Gasteiger partial charge in [-0.15, -0.1) is 11.8 Å². The number of hydrogen-bond acceptors (Lipinski definition) is 3. The largest absolute Gasteiger partial charge is 0.352 e. The number of nitrogens with one attached hydrogen (secondary N) is 2. The summed E-state index contributed by atoms with van der Waals surface area (Å²) < 4.78 is 0. The minimum absolute atomic E-state index is 0.112. The summed E-state index contributed by atoms with van der Waals surface area (Å²) >= 11 is 1.44. The fourth-order valence-corrected chi connectivity index (χ4v) is 3.48. The van der Waals surface area contributed by atoms with E-state index in [-0.39, 0.29) is 23.5 Å². The van der Waals surface area contributed by atoms with Crippen LogP contribution >= 0.6 is 11.8 Å². The van der Waals surface area contributed by atoms with Gasteiger partial charge in [0.05, 0.1) is 10.9 Å². The Balaban J connectivity index is 1.56. The smallest absolute Gasteiger partial charge is 0.238 e. The van der Waals surface area contributed by atoms with Crippen LogP contribution in [0.25, 0.3) is 0 Å². The van der Waals surface area contributed by atoms with Crippen molar-refractivity contribution >= 4 is 29.3 Å². The van der Waals surface area contributed by atoms with Crippen LogP contribution in [0.2, 0.25) is 0 Å². The van der Waals surface area contributed by atoms with Gasteiger partial charge in [0.1, 0.15) is 0 Å². The molecule has 2 aromatic rings. The van der Waals surface area contributed by atoms with E-state index in [9.17, 15) is 9.59 Å². The number of carbonyl (C=O) groups is 2. The molecule has 0 unspecified atom stereocenters. The third-order valence-corrected chi connectivity index (χ3v) is 4.96. The molecule has 1 aliphatic rings. The van der Waals surface area contributed by atoms with Gasteiger partial charge >= 0.3 is 0 Å². The Hall–Kier alpha value is -2.27. The van der Waals surface area contributed by atoms with Crippen molar-refractivity contribution in [2.45, 2.75) is 30.0 Å². The predicted octanol–water partition coefficient (Wildman–Crippen LogP) is 3.11. The van der Waals surface area contributed by atoms with Gasteiger partial charge in [0, 0.05) is 17.9 Å². The highest BCUT2D eigenvalue weighted by molar-refractivity contribution is 8.01. The zero-order valence-electron chi connectivity index (χ0n) is 12.8. The molecule has 5 heteroatoms. The zero-order valence-corrected chi connectivity index (χ0v) is 13.7. The molecule has 1 heterocycles. The first kappa shape index (κ1) is 15.6. The normalized spacial score (nSPS) is 16.4. The molecule has 0 spiro atoms. The number of para-hydroxylation sites is 1. The Morgan fingerprint density at radius 1 is 1.17 bits per heavy atom. The number of amides is 2. The highest BCUT2D eigenvalue weighted by Crippen LogP contribution is 2.36. The van der Waals surface area contributed by atoms with Gasteiger partial charge in [-0.25, -0.2) is 0 Å². The van der Waals surface area contributed by atoms with Gasteiger partial charge in [0.15, 0.2) is 0 Å². The molecule has 23 heavy (non-hydrogen) atoms. The maximum atomic E-state index is 12.1. The molecule has 118 valence electrons. The number of carbonyl (C=O) groups excluding carboxylic acids is 2. The number of benzene rings is 2. The molecule has 0 saturated heterocycles. The van der Waals surface area contributed by atoms with E-state index in [0.717, 1.165) is 16.1 Å². The highest BCUT2D eigenvalue weighted by atomic mass is 32.2. The maximum absolute atomic E-state index is 12.1. The fraction of sp³-hybridized carbons (Fsp3) is 0.222. The molecule has 0 aromatic heterocycles. The van der Waals surface area contributed by atoms with E-state index in [0.29, 0.717) is 6.54 Å². The second-order valence-corrected chi connectivity index (χ2v) is 6.80. The first-order valence-corrected chi connectivity index (χ1v) is 8.38. The molecular weight excluding hydrogens is 308 g/mol. The monoisotopic (exact) mass is 326 g/mol. The van der Waals surface area contributed by atoms with E-state index in [4.69, 9.17) is 0 Å². The molecular formula is C18H18N2O2S. The molecule has 2 amide bonds. The van der Waals surface area contributed by atoms with Gasteiger partial charge in [-0.2, -0.15) is 0 Å². The van der Waals surface area contributed by atoms with Crippen molar-refractivity contribution in [2.75, 3.05) is 5.32 Å². The van der Waals surface area contributed by atoms with Gasteiger partial charge < -0.3 is 10.6 Å². The Bertz CT molecular complexity index is 728. The molecule has 0 aliphatic carbocycles. The summed E-state index contributed by atoms with van der Waals surface area (Å²) in [6.45, 7) is 2.51. The summed E-state index contributed by atoms with van der Waals surface area (Å²) in [5.74, 6) is -0.225. The molecule has 0 bridgehead atoms. The summed E-state index contributed by atoms with van der Waals surface area (Å²) in [6, 6.07) is 15.7. The minimum atomic E-state index is -0.386. The van der Waals surface area contributed by atoms with E-state index < -0.39 is 0 Å². The number of thioether (sulfide) groups is 1. The van der Waals surface area contributed by atoms with Crippen molar-refractivity contribution in [1.82, 2.24) is 5.32 Å². The van der Waals surface area contributed by atoms with Crippen LogP contribution in [0, 0.1) is 6.92 Å². The third-order valence-electron chi connectivity index (χ3n) is 3.69. The molecule has 2 N–H and O–H groups in total. The number of aryl methyl sites for hydroxylation is 1. The summed E-state index contributed by atoms with van der Waals surface area (Å²) in [4.78, 5) is 25.2. The molecule has 3 rings (SSSR count). The SMILES string of the molecule is Cc1ccc(CNC(=O)C[C@@H]2Sc3ccccc3NC2=O)cc1. The van der Waals surface area contributed by atoms with Crippen LogP contribution in [0.1, 0.15) is 17.5 Å². The molecule has 0 fully saturated rings. The Morgan fingerprint density at radius 2 is 1.91 bits per heavy atom. The van der Waals surface area contributed by atoms with Gasteiger partial charge in [0.2, 0.25) is 11.8 Å². The minimum Gasteiger partial charge on any atom is -0.352 e. The topological polar surface area (TPSA) is 58.2 Å². The van der Waals surface area contributed by atoms with Crippen molar-refractivity contribution in [3.8, 4) is 0 Å². The van der Waals surface area contributed by atoms with Crippen molar-refractivity contribution < 1.29 is 9.59 Å². The Morgan fingerprint density at radius 3 is 2.70 bits per heavy atom. The average Bonchev–Trinajstić information content (AvgIpc) is 2.55. The van der Waals surface area contributed by atoms with E-state index >= 15 is 0 Å². The van der Waals surface area contributed by atoms with Crippen LogP contribution in [-0.2, 0) is 16.1 Å². The fourth-order valence-electron chi connectivity index (χ4n) is 2.37. The van der Waals surface area contributed by atoms with Crippen molar-refractivity contribution in [3.05, 3.63) is 59.7 Å². The van der Waals surface area contributed by atoms with E-state index in [1.807, 2.05) is 55.5 Å². The van der Waals surface area contributed by atoms with Crippen LogP contribution in [0.5, 0.6) is 0 Å². The van der Waals surface area contributed by atoms with Crippen LogP contribution in [0.3, 0.4) is 0 Å². The van der Waals surface area contributed by atoms with Crippen molar-refractivity contribution in [2.24, 2.45) is 0 Å². The Kier molecular flexibility index (Phi) is 4.67. The summed E-state index contributed by atoms with van der Waals surface area (Å²) in [5.41, 5.74) is 3.06. The van der Waals surface area contributed by atoms with Gasteiger partial charge in [-0.3, -0.25) is 9.59 Å². The lowest BCUT2D eigenvalue weighted by molar-refractivity contribution is -0.124. The van der Waals surface area contributed by atoms with Crippen LogP contribution in [0.4, 0.5) is 5.69 Å². The van der Waals surface area contributed by atoms with E-state index in [1.54, 1.807) is 0 Å². The summed E-state index contributed by atoms with van der Waals surface area (Å²) in [7, 11) is 0. The maximum Gasteiger partial charge on any atom is 0.238 e. The van der Waals surface area contributed by atoms with Crippen LogP contribution in [0.15, 0.2) is 53.4 Å². The van der Waals surface area contributed by atoms with Crippen LogP contribution < -0.4 is 10.6 Å². The molecule has 1 atom stereocenters. The predicted molar refractivity (Wildman–Crippen MR) is 92.4 cm³/mol. The Labute approximate surface area is 139 Å². The van der Waals surface area contributed by atoms with Gasteiger partial charge in [-0.1, -0.05) is 42.0 Å². The van der Waals surface area contributed by atoms with E-state index in [2.05, 4.69) is 10.6 Å². The number of hydrogen-bond donors (Lipinski definition) is 2.